The number of hydrogen-bond acceptors (Lipinski definition) is 5. The third-order valence-corrected chi connectivity index (χ3v) is 6.59. The molecule has 8 heteroatoms. The minimum Gasteiger partial charge on any atom is -0.369 e. The third kappa shape index (κ3) is 2.57. The second-order valence-electron chi connectivity index (χ2n) is 5.56. The van der Waals surface area contributed by atoms with Crippen LogP contribution < -0.4 is 5.73 Å². The number of carbonyl (C=O) groups excluding carboxylic acids is 1. The monoisotopic (exact) mass is 315 g/mol. The van der Waals surface area contributed by atoms with Crippen LogP contribution in [0.3, 0.4) is 0 Å². The molecule has 1 aliphatic heterocycles. The number of primary amides is 1. The molecule has 0 bridgehead atoms. The van der Waals surface area contributed by atoms with E-state index in [9.17, 15) is 13.2 Å². The van der Waals surface area contributed by atoms with Gasteiger partial charge in [-0.25, -0.2) is 8.42 Å². The molecule has 0 saturated carbocycles. The number of rotatable bonds is 4. The highest BCUT2D eigenvalue weighted by atomic mass is 32.2. The van der Waals surface area contributed by atoms with Gasteiger partial charge in [-0.3, -0.25) is 4.79 Å². The summed E-state index contributed by atoms with van der Waals surface area (Å²) in [4.78, 5) is 11.8. The Morgan fingerprint density at radius 1 is 1.38 bits per heavy atom. The summed E-state index contributed by atoms with van der Waals surface area (Å²) in [6, 6.07) is 0. The van der Waals surface area contributed by atoms with E-state index in [0.29, 0.717) is 25.0 Å². The number of amides is 1. The van der Waals surface area contributed by atoms with Gasteiger partial charge < -0.3 is 10.3 Å². The zero-order chi connectivity index (χ0) is 15.8. The summed E-state index contributed by atoms with van der Waals surface area (Å²) in [7, 11) is -3.64. The molecule has 0 radical (unpaired) electrons. The van der Waals surface area contributed by atoms with E-state index in [2.05, 4.69) is 5.16 Å². The zero-order valence-electron chi connectivity index (χ0n) is 12.5. The van der Waals surface area contributed by atoms with Gasteiger partial charge >= 0.3 is 0 Å². The standard InChI is InChI=1S/C13H21N3O4S/c1-4-13(12(14)17)5-7-16(8-6-13)21(18,19)11-9(2)15-20-10(11)3/h4-8H2,1-3H3,(H2,14,17). The Balaban J connectivity index is 2.25. The van der Waals surface area contributed by atoms with Crippen LogP contribution >= 0.6 is 0 Å². The average Bonchev–Trinajstić information content (AvgIpc) is 2.78. The maximum atomic E-state index is 12.7. The van der Waals surface area contributed by atoms with Crippen LogP contribution in [-0.4, -0.2) is 36.9 Å². The molecule has 7 nitrogen and oxygen atoms in total. The molecule has 0 aromatic carbocycles. The number of nitrogens with two attached hydrogens (primary N) is 1. The summed E-state index contributed by atoms with van der Waals surface area (Å²) < 4.78 is 31.7. The van der Waals surface area contributed by atoms with E-state index < -0.39 is 15.4 Å². The number of carbonyl (C=O) groups is 1. The summed E-state index contributed by atoms with van der Waals surface area (Å²) in [5, 5.41) is 3.70. The van der Waals surface area contributed by atoms with Crippen molar-refractivity contribution in [3.8, 4) is 0 Å². The molecule has 2 N–H and O–H groups in total. The maximum Gasteiger partial charge on any atom is 0.248 e. The summed E-state index contributed by atoms with van der Waals surface area (Å²) in [5.41, 5.74) is 5.24. The van der Waals surface area contributed by atoms with E-state index >= 15 is 0 Å². The molecule has 1 saturated heterocycles. The van der Waals surface area contributed by atoms with Crippen LogP contribution in [0.15, 0.2) is 9.42 Å². The fraction of sp³-hybridized carbons (Fsp3) is 0.692. The molecule has 118 valence electrons. The highest BCUT2D eigenvalue weighted by Crippen LogP contribution is 2.37. The summed E-state index contributed by atoms with van der Waals surface area (Å²) >= 11 is 0. The average molecular weight is 315 g/mol. The normalized spacial score (nSPS) is 19.6. The van der Waals surface area contributed by atoms with Crippen LogP contribution in [0.5, 0.6) is 0 Å². The summed E-state index contributed by atoms with van der Waals surface area (Å²) in [5.74, 6) is -0.0610. The lowest BCUT2D eigenvalue weighted by atomic mass is 9.76. The number of sulfonamides is 1. The second kappa shape index (κ2) is 5.42. The Labute approximate surface area is 124 Å². The topological polar surface area (TPSA) is 106 Å². The van der Waals surface area contributed by atoms with Crippen molar-refractivity contribution in [3.05, 3.63) is 11.5 Å². The van der Waals surface area contributed by atoms with Crippen molar-refractivity contribution in [2.24, 2.45) is 11.1 Å². The van der Waals surface area contributed by atoms with Gasteiger partial charge in [-0.1, -0.05) is 12.1 Å². The lowest BCUT2D eigenvalue weighted by Gasteiger charge is -2.38. The molecule has 2 heterocycles. The number of piperidine rings is 1. The molecule has 0 unspecified atom stereocenters. The Bertz CT molecular complexity index is 623. The smallest absolute Gasteiger partial charge is 0.248 e. The van der Waals surface area contributed by atoms with Crippen LogP contribution in [0.25, 0.3) is 0 Å². The number of aromatic nitrogens is 1. The van der Waals surface area contributed by atoms with Gasteiger partial charge in [0.05, 0.1) is 5.41 Å². The highest BCUT2D eigenvalue weighted by Gasteiger charge is 2.42. The molecule has 0 aliphatic carbocycles. The first-order valence-corrected chi connectivity index (χ1v) is 8.41. The zero-order valence-corrected chi connectivity index (χ0v) is 13.4. The Morgan fingerprint density at radius 2 is 1.95 bits per heavy atom. The largest absolute Gasteiger partial charge is 0.369 e. The predicted octanol–water partition coefficient (Wildman–Crippen LogP) is 0.958. The minimum atomic E-state index is -3.64. The fourth-order valence-corrected chi connectivity index (χ4v) is 4.63. The van der Waals surface area contributed by atoms with Gasteiger partial charge in [0.15, 0.2) is 5.76 Å². The van der Waals surface area contributed by atoms with Crippen LogP contribution in [0.2, 0.25) is 0 Å². The van der Waals surface area contributed by atoms with Crippen molar-refractivity contribution in [1.82, 2.24) is 9.46 Å². The fourth-order valence-electron chi connectivity index (χ4n) is 2.90. The SMILES string of the molecule is CCC1(C(N)=O)CCN(S(=O)(=O)c2c(C)noc2C)CC1. The molecule has 1 fully saturated rings. The van der Waals surface area contributed by atoms with Crippen LogP contribution in [0.1, 0.15) is 37.6 Å². The predicted molar refractivity (Wildman–Crippen MR) is 75.9 cm³/mol. The van der Waals surface area contributed by atoms with E-state index in [1.807, 2.05) is 6.92 Å². The Kier molecular flexibility index (Phi) is 4.12. The molecule has 0 atom stereocenters. The first-order valence-electron chi connectivity index (χ1n) is 6.97. The molecule has 2 rings (SSSR count). The van der Waals surface area contributed by atoms with E-state index in [4.69, 9.17) is 10.3 Å². The summed E-state index contributed by atoms with van der Waals surface area (Å²) in [6.07, 6.45) is 1.52. The number of nitrogens with zero attached hydrogens (tertiary/aromatic N) is 2. The van der Waals surface area contributed by atoms with Gasteiger partial charge in [0.2, 0.25) is 15.9 Å². The van der Waals surface area contributed by atoms with Crippen LogP contribution in [0.4, 0.5) is 0 Å². The van der Waals surface area contributed by atoms with E-state index in [1.165, 1.54) is 4.31 Å². The Hall–Kier alpha value is -1.41. The molecule has 21 heavy (non-hydrogen) atoms. The van der Waals surface area contributed by atoms with E-state index in [0.717, 1.165) is 0 Å². The summed E-state index contributed by atoms with van der Waals surface area (Å²) in [6.45, 7) is 5.65. The van der Waals surface area contributed by atoms with Crippen LogP contribution in [-0.2, 0) is 14.8 Å². The Morgan fingerprint density at radius 3 is 2.33 bits per heavy atom. The minimum absolute atomic E-state index is 0.130. The van der Waals surface area contributed by atoms with Gasteiger partial charge in [0.25, 0.3) is 0 Å². The van der Waals surface area contributed by atoms with Crippen molar-refractivity contribution < 1.29 is 17.7 Å². The van der Waals surface area contributed by atoms with Gasteiger partial charge in [-0.2, -0.15) is 4.31 Å². The van der Waals surface area contributed by atoms with Crippen molar-refractivity contribution in [2.45, 2.75) is 44.9 Å². The van der Waals surface area contributed by atoms with E-state index in [-0.39, 0.29) is 29.7 Å². The lowest BCUT2D eigenvalue weighted by molar-refractivity contribution is -0.130. The highest BCUT2D eigenvalue weighted by molar-refractivity contribution is 7.89. The second-order valence-corrected chi connectivity index (χ2v) is 7.43. The first kappa shape index (κ1) is 16.0. The van der Waals surface area contributed by atoms with Crippen molar-refractivity contribution >= 4 is 15.9 Å². The van der Waals surface area contributed by atoms with Crippen LogP contribution in [0, 0.1) is 19.3 Å². The van der Waals surface area contributed by atoms with Gasteiger partial charge in [-0.05, 0) is 33.1 Å². The van der Waals surface area contributed by atoms with Crippen molar-refractivity contribution in [2.75, 3.05) is 13.1 Å². The molecule has 0 spiro atoms. The molecular weight excluding hydrogens is 294 g/mol. The molecular formula is C13H21N3O4S. The molecule has 1 aliphatic rings. The van der Waals surface area contributed by atoms with E-state index in [1.54, 1.807) is 13.8 Å². The quantitative estimate of drug-likeness (QED) is 0.890. The van der Waals surface area contributed by atoms with Crippen molar-refractivity contribution in [3.63, 3.8) is 0 Å². The third-order valence-electron chi connectivity index (χ3n) is 4.44. The molecule has 1 aromatic heterocycles. The molecule has 1 amide bonds. The number of hydrogen-bond donors (Lipinski definition) is 1. The van der Waals surface area contributed by atoms with Gasteiger partial charge in [0, 0.05) is 13.1 Å². The first-order chi connectivity index (χ1) is 9.74. The van der Waals surface area contributed by atoms with Gasteiger partial charge in [0.1, 0.15) is 10.6 Å². The number of aryl methyl sites for hydroxylation is 2. The lowest BCUT2D eigenvalue weighted by Crippen LogP contribution is -2.48. The maximum absolute atomic E-state index is 12.7. The van der Waals surface area contributed by atoms with Gasteiger partial charge in [-0.15, -0.1) is 0 Å². The van der Waals surface area contributed by atoms with Crippen molar-refractivity contribution in [1.29, 1.82) is 0 Å². The molecule has 1 aromatic rings.